The predicted molar refractivity (Wildman–Crippen MR) is 86.5 cm³/mol. The van der Waals surface area contributed by atoms with Gasteiger partial charge in [-0.05, 0) is 36.2 Å². The van der Waals surface area contributed by atoms with E-state index in [1.165, 1.54) is 4.88 Å². The number of halogens is 2. The van der Waals surface area contributed by atoms with E-state index >= 15 is 0 Å². The average molecular weight is 324 g/mol. The van der Waals surface area contributed by atoms with Gasteiger partial charge in [-0.2, -0.15) is 4.98 Å². The van der Waals surface area contributed by atoms with Gasteiger partial charge in [0.1, 0.15) is 10.6 Å². The van der Waals surface area contributed by atoms with Crippen LogP contribution in [0.1, 0.15) is 11.8 Å². The molecule has 3 aromatic rings. The van der Waals surface area contributed by atoms with Crippen LogP contribution in [0.4, 0.5) is 11.5 Å². The van der Waals surface area contributed by atoms with Gasteiger partial charge in [-0.15, -0.1) is 11.3 Å². The minimum absolute atomic E-state index is 0.233. The van der Waals surface area contributed by atoms with Gasteiger partial charge in [0.2, 0.25) is 5.28 Å². The summed E-state index contributed by atoms with van der Waals surface area (Å²) in [6, 6.07) is 9.62. The number of hydrogen-bond donors (Lipinski definition) is 1. The number of aromatic nitrogens is 2. The second-order valence-electron chi connectivity index (χ2n) is 4.23. The molecule has 0 saturated heterocycles. The lowest BCUT2D eigenvalue weighted by Gasteiger charge is -2.08. The number of rotatable bonds is 3. The first-order valence-electron chi connectivity index (χ1n) is 6.15. The van der Waals surface area contributed by atoms with Crippen molar-refractivity contribution in [2.75, 3.05) is 5.32 Å². The Morgan fingerprint density at radius 2 is 2.00 bits per heavy atom. The van der Waals surface area contributed by atoms with Crippen molar-refractivity contribution in [2.45, 2.75) is 13.3 Å². The molecule has 0 bridgehead atoms. The Morgan fingerprint density at radius 1 is 1.20 bits per heavy atom. The van der Waals surface area contributed by atoms with Gasteiger partial charge in [-0.1, -0.05) is 30.7 Å². The van der Waals surface area contributed by atoms with Crippen LogP contribution in [-0.4, -0.2) is 9.97 Å². The molecule has 0 aliphatic rings. The number of para-hydroxylation sites is 1. The van der Waals surface area contributed by atoms with Crippen LogP contribution in [0.3, 0.4) is 0 Å². The van der Waals surface area contributed by atoms with Crippen LogP contribution < -0.4 is 5.32 Å². The summed E-state index contributed by atoms with van der Waals surface area (Å²) < 4.78 is 0. The summed E-state index contributed by atoms with van der Waals surface area (Å²) in [4.78, 5) is 10.7. The molecule has 0 aliphatic carbocycles. The molecule has 0 radical (unpaired) electrons. The number of benzene rings is 1. The number of fused-ring (bicyclic) bond motifs is 1. The predicted octanol–water partition coefficient (Wildman–Crippen LogP) is 5.30. The lowest BCUT2D eigenvalue weighted by atomic mass is 10.3. The van der Waals surface area contributed by atoms with E-state index in [2.05, 4.69) is 28.3 Å². The van der Waals surface area contributed by atoms with Crippen LogP contribution in [0.5, 0.6) is 0 Å². The van der Waals surface area contributed by atoms with Crippen molar-refractivity contribution in [3.63, 3.8) is 0 Å². The fourth-order valence-corrected chi connectivity index (χ4v) is 3.27. The Hall–Kier alpha value is -1.36. The smallest absolute Gasteiger partial charge is 0.225 e. The number of hydrogen-bond acceptors (Lipinski definition) is 4. The van der Waals surface area contributed by atoms with Crippen LogP contribution in [-0.2, 0) is 6.42 Å². The number of nitrogens with zero attached hydrogens (tertiary/aromatic N) is 2. The zero-order valence-electron chi connectivity index (χ0n) is 10.7. The Kier molecular flexibility index (Phi) is 3.78. The van der Waals surface area contributed by atoms with Crippen molar-refractivity contribution in [2.24, 2.45) is 0 Å². The number of thiophene rings is 1. The van der Waals surface area contributed by atoms with Gasteiger partial charge in [0.05, 0.1) is 16.1 Å². The second kappa shape index (κ2) is 5.56. The fraction of sp³-hybridized carbons (Fsp3) is 0.143. The Morgan fingerprint density at radius 3 is 2.75 bits per heavy atom. The molecule has 0 amide bonds. The van der Waals surface area contributed by atoms with E-state index in [9.17, 15) is 0 Å². The van der Waals surface area contributed by atoms with E-state index < -0.39 is 0 Å². The van der Waals surface area contributed by atoms with Gasteiger partial charge in [-0.3, -0.25) is 0 Å². The first kappa shape index (κ1) is 13.6. The Labute approximate surface area is 130 Å². The summed E-state index contributed by atoms with van der Waals surface area (Å²) in [6.07, 6.45) is 0.962. The maximum absolute atomic E-state index is 6.16. The molecule has 0 unspecified atom stereocenters. The topological polar surface area (TPSA) is 37.8 Å². The van der Waals surface area contributed by atoms with Gasteiger partial charge >= 0.3 is 0 Å². The average Bonchev–Trinajstić information content (AvgIpc) is 2.84. The summed E-state index contributed by atoms with van der Waals surface area (Å²) in [6.45, 7) is 2.11. The molecule has 3 rings (SSSR count). The molecule has 0 fully saturated rings. The van der Waals surface area contributed by atoms with Crippen LogP contribution in [0.15, 0.2) is 30.3 Å². The van der Waals surface area contributed by atoms with Crippen molar-refractivity contribution in [1.82, 2.24) is 9.97 Å². The van der Waals surface area contributed by atoms with Crippen LogP contribution >= 0.6 is 34.5 Å². The molecular weight excluding hydrogens is 313 g/mol. The third-order valence-electron chi connectivity index (χ3n) is 2.89. The highest BCUT2D eigenvalue weighted by molar-refractivity contribution is 7.18. The SMILES string of the molecule is CCc1cc2c(Nc3ccccc3Cl)nc(Cl)nc2s1. The van der Waals surface area contributed by atoms with Crippen LogP contribution in [0, 0.1) is 0 Å². The van der Waals surface area contributed by atoms with E-state index in [1.807, 2.05) is 24.3 Å². The molecule has 1 aromatic carbocycles. The standard InChI is InChI=1S/C14H11Cl2N3S/c1-2-8-7-9-12(18-14(16)19-13(9)20-8)17-11-6-4-3-5-10(11)15/h3-7H,2H2,1H3,(H,17,18,19). The summed E-state index contributed by atoms with van der Waals surface area (Å²) in [5, 5.41) is 5.07. The quantitative estimate of drug-likeness (QED) is 0.664. The van der Waals surface area contributed by atoms with Crippen molar-refractivity contribution in [3.05, 3.63) is 45.5 Å². The lowest BCUT2D eigenvalue weighted by molar-refractivity contribution is 1.19. The molecule has 0 spiro atoms. The first-order valence-corrected chi connectivity index (χ1v) is 7.72. The highest BCUT2D eigenvalue weighted by Gasteiger charge is 2.11. The number of anilines is 2. The molecule has 102 valence electrons. The normalized spacial score (nSPS) is 10.9. The van der Waals surface area contributed by atoms with Gasteiger partial charge in [0, 0.05) is 4.88 Å². The zero-order valence-corrected chi connectivity index (χ0v) is 13.0. The van der Waals surface area contributed by atoms with E-state index in [-0.39, 0.29) is 5.28 Å². The highest BCUT2D eigenvalue weighted by atomic mass is 35.5. The molecule has 6 heteroatoms. The maximum Gasteiger partial charge on any atom is 0.225 e. The minimum Gasteiger partial charge on any atom is -0.338 e. The summed E-state index contributed by atoms with van der Waals surface area (Å²) in [5.74, 6) is 0.684. The first-order chi connectivity index (χ1) is 9.67. The second-order valence-corrected chi connectivity index (χ2v) is 6.09. The third-order valence-corrected chi connectivity index (χ3v) is 4.56. The molecule has 20 heavy (non-hydrogen) atoms. The Bertz CT molecular complexity index is 770. The molecule has 0 atom stereocenters. The van der Waals surface area contributed by atoms with Crippen LogP contribution in [0.2, 0.25) is 10.3 Å². The summed E-state index contributed by atoms with van der Waals surface area (Å²) in [5.41, 5.74) is 0.800. The van der Waals surface area contributed by atoms with Crippen molar-refractivity contribution < 1.29 is 0 Å². The van der Waals surface area contributed by atoms with E-state index in [0.29, 0.717) is 10.8 Å². The molecular formula is C14H11Cl2N3S. The zero-order chi connectivity index (χ0) is 14.1. The molecule has 0 saturated carbocycles. The van der Waals surface area contributed by atoms with Gasteiger partial charge in [-0.25, -0.2) is 4.98 Å². The van der Waals surface area contributed by atoms with Crippen molar-refractivity contribution >= 4 is 56.3 Å². The monoisotopic (exact) mass is 323 g/mol. The van der Waals surface area contributed by atoms with E-state index in [4.69, 9.17) is 23.2 Å². The maximum atomic E-state index is 6.16. The Balaban J connectivity index is 2.11. The highest BCUT2D eigenvalue weighted by Crippen LogP contribution is 2.33. The summed E-state index contributed by atoms with van der Waals surface area (Å²) >= 11 is 13.8. The summed E-state index contributed by atoms with van der Waals surface area (Å²) in [7, 11) is 0. The number of nitrogens with one attached hydrogen (secondary N) is 1. The molecule has 3 nitrogen and oxygen atoms in total. The van der Waals surface area contributed by atoms with Crippen molar-refractivity contribution in [3.8, 4) is 0 Å². The molecule has 2 aromatic heterocycles. The number of aryl methyl sites for hydroxylation is 1. The van der Waals surface area contributed by atoms with Crippen molar-refractivity contribution in [1.29, 1.82) is 0 Å². The lowest BCUT2D eigenvalue weighted by Crippen LogP contribution is -1.96. The van der Waals surface area contributed by atoms with E-state index in [1.54, 1.807) is 11.3 Å². The fourth-order valence-electron chi connectivity index (χ4n) is 1.90. The van der Waals surface area contributed by atoms with E-state index in [0.717, 1.165) is 22.3 Å². The van der Waals surface area contributed by atoms with Gasteiger partial charge < -0.3 is 5.32 Å². The molecule has 2 heterocycles. The largest absolute Gasteiger partial charge is 0.338 e. The minimum atomic E-state index is 0.233. The van der Waals surface area contributed by atoms with Gasteiger partial charge in [0.25, 0.3) is 0 Å². The third kappa shape index (κ3) is 2.59. The molecule has 1 N–H and O–H groups in total. The van der Waals surface area contributed by atoms with Crippen LogP contribution in [0.25, 0.3) is 10.2 Å². The molecule has 0 aliphatic heterocycles. The van der Waals surface area contributed by atoms with Gasteiger partial charge in [0.15, 0.2) is 0 Å².